The van der Waals surface area contributed by atoms with Gasteiger partial charge >= 0.3 is 0 Å². The molecule has 0 spiro atoms. The Balaban J connectivity index is 1.54. The summed E-state index contributed by atoms with van der Waals surface area (Å²) in [5.41, 5.74) is 2.94. The highest BCUT2D eigenvalue weighted by molar-refractivity contribution is 7.80. The van der Waals surface area contributed by atoms with E-state index in [-0.39, 0.29) is 12.1 Å². The van der Waals surface area contributed by atoms with Gasteiger partial charge in [-0.05, 0) is 60.2 Å². The van der Waals surface area contributed by atoms with Crippen LogP contribution in [0, 0.1) is 0 Å². The molecule has 4 nitrogen and oxygen atoms in total. The second-order valence-corrected chi connectivity index (χ2v) is 8.77. The number of hydrogen-bond donors (Lipinski definition) is 1. The Bertz CT molecular complexity index is 1250. The van der Waals surface area contributed by atoms with Gasteiger partial charge in [0.1, 0.15) is 17.6 Å². The molecule has 5 rings (SSSR count). The summed E-state index contributed by atoms with van der Waals surface area (Å²) in [7, 11) is 0. The Morgan fingerprint density at radius 1 is 0.938 bits per heavy atom. The summed E-state index contributed by atoms with van der Waals surface area (Å²) in [4.78, 5) is 6.73. The molecule has 32 heavy (non-hydrogen) atoms. The van der Waals surface area contributed by atoms with Crippen molar-refractivity contribution in [1.82, 2.24) is 15.2 Å². The first-order chi connectivity index (χ1) is 15.6. The highest BCUT2D eigenvalue weighted by atomic mass is 35.5. The normalized spacial score (nSPS) is 18.1. The maximum absolute atomic E-state index is 6.35. The van der Waals surface area contributed by atoms with Gasteiger partial charge < -0.3 is 14.6 Å². The van der Waals surface area contributed by atoms with Crippen molar-refractivity contribution >= 4 is 40.5 Å². The zero-order valence-corrected chi connectivity index (χ0v) is 19.2. The van der Waals surface area contributed by atoms with E-state index < -0.39 is 0 Å². The number of hydrogen-bond acceptors (Lipinski definition) is 3. The molecule has 2 aromatic heterocycles. The van der Waals surface area contributed by atoms with Crippen molar-refractivity contribution < 1.29 is 4.42 Å². The standard InChI is InChI=1S/C25H19Cl2N3OS/c26-18-10-9-17(14-19(18)27)21-11-12-22(31-21)24-23(20-8-4-5-13-28-20)29-25(32)30(24)15-16-6-2-1-3-7-16/h1-14,23-24H,15H2,(H,29,32)/t23-,24-/m0/s1. The molecule has 4 aromatic rings. The zero-order chi connectivity index (χ0) is 22.1. The van der Waals surface area contributed by atoms with Crippen LogP contribution in [0.5, 0.6) is 0 Å². The quantitative estimate of drug-likeness (QED) is 0.318. The molecule has 160 valence electrons. The number of furan rings is 1. The largest absolute Gasteiger partial charge is 0.459 e. The second kappa shape index (κ2) is 8.94. The first-order valence-electron chi connectivity index (χ1n) is 10.2. The maximum Gasteiger partial charge on any atom is 0.170 e. The summed E-state index contributed by atoms with van der Waals surface area (Å²) >= 11 is 18.0. The van der Waals surface area contributed by atoms with E-state index in [0.29, 0.717) is 21.7 Å². The molecule has 0 aliphatic carbocycles. The van der Waals surface area contributed by atoms with Gasteiger partial charge in [0.05, 0.1) is 21.8 Å². The number of nitrogens with zero attached hydrogens (tertiary/aromatic N) is 2. The average molecular weight is 480 g/mol. The van der Waals surface area contributed by atoms with Crippen LogP contribution in [-0.2, 0) is 6.54 Å². The summed E-state index contributed by atoms with van der Waals surface area (Å²) in [6.45, 7) is 0.656. The number of halogens is 2. The number of thiocarbonyl (C=S) groups is 1. The van der Waals surface area contributed by atoms with Crippen LogP contribution in [0.1, 0.15) is 29.1 Å². The minimum atomic E-state index is -0.158. The highest BCUT2D eigenvalue weighted by Gasteiger charge is 2.41. The smallest absolute Gasteiger partial charge is 0.170 e. The minimum Gasteiger partial charge on any atom is -0.459 e. The lowest BCUT2D eigenvalue weighted by molar-refractivity contribution is 0.269. The Labute approximate surface area is 201 Å². The molecular formula is C25H19Cl2N3OS. The van der Waals surface area contributed by atoms with Gasteiger partial charge in [-0.15, -0.1) is 0 Å². The van der Waals surface area contributed by atoms with Crippen molar-refractivity contribution in [3.63, 3.8) is 0 Å². The van der Waals surface area contributed by atoms with E-state index in [1.807, 2.05) is 60.7 Å². The lowest BCUT2D eigenvalue weighted by Gasteiger charge is -2.26. The Morgan fingerprint density at radius 3 is 2.50 bits per heavy atom. The number of nitrogens with one attached hydrogen (secondary N) is 1. The van der Waals surface area contributed by atoms with Gasteiger partial charge in [0, 0.05) is 18.3 Å². The predicted molar refractivity (Wildman–Crippen MR) is 132 cm³/mol. The third-order valence-electron chi connectivity index (χ3n) is 5.52. The summed E-state index contributed by atoms with van der Waals surface area (Å²) < 4.78 is 6.35. The molecule has 0 unspecified atom stereocenters. The van der Waals surface area contributed by atoms with Crippen molar-refractivity contribution in [1.29, 1.82) is 0 Å². The van der Waals surface area contributed by atoms with E-state index in [2.05, 4.69) is 27.3 Å². The molecule has 0 bridgehead atoms. The SMILES string of the molecule is S=C1N[C@@H](c2ccccn2)[C@H](c2ccc(-c3ccc(Cl)c(Cl)c3)o2)N1Cc1ccccc1. The molecule has 1 fully saturated rings. The molecular weight excluding hydrogens is 461 g/mol. The Morgan fingerprint density at radius 2 is 1.75 bits per heavy atom. The number of benzene rings is 2. The van der Waals surface area contributed by atoms with E-state index in [4.69, 9.17) is 39.8 Å². The minimum absolute atomic E-state index is 0.139. The van der Waals surface area contributed by atoms with E-state index in [1.165, 1.54) is 5.56 Å². The van der Waals surface area contributed by atoms with Crippen molar-refractivity contribution in [3.05, 3.63) is 112 Å². The van der Waals surface area contributed by atoms with Crippen LogP contribution in [0.15, 0.2) is 89.5 Å². The molecule has 1 N–H and O–H groups in total. The lowest BCUT2D eigenvalue weighted by atomic mass is 10.0. The van der Waals surface area contributed by atoms with Gasteiger partial charge in [-0.1, -0.05) is 59.6 Å². The van der Waals surface area contributed by atoms with Crippen LogP contribution in [0.4, 0.5) is 0 Å². The average Bonchev–Trinajstić information content (AvgIpc) is 3.42. The summed E-state index contributed by atoms with van der Waals surface area (Å²) in [5, 5.41) is 5.12. The molecule has 1 saturated heterocycles. The van der Waals surface area contributed by atoms with Gasteiger partial charge in [-0.25, -0.2) is 0 Å². The van der Waals surface area contributed by atoms with Crippen molar-refractivity contribution in [3.8, 4) is 11.3 Å². The molecule has 0 radical (unpaired) electrons. The van der Waals surface area contributed by atoms with Gasteiger partial charge in [-0.3, -0.25) is 4.98 Å². The van der Waals surface area contributed by atoms with Crippen molar-refractivity contribution in [2.24, 2.45) is 0 Å². The first kappa shape index (κ1) is 21.0. The van der Waals surface area contributed by atoms with Crippen molar-refractivity contribution in [2.75, 3.05) is 0 Å². The van der Waals surface area contributed by atoms with Crippen molar-refractivity contribution in [2.45, 2.75) is 18.6 Å². The van der Waals surface area contributed by atoms with Crippen LogP contribution < -0.4 is 5.32 Å². The Kier molecular flexibility index (Phi) is 5.87. The first-order valence-corrected chi connectivity index (χ1v) is 11.3. The molecule has 1 aliphatic rings. The maximum atomic E-state index is 6.35. The Hall–Kier alpha value is -2.86. The van der Waals surface area contributed by atoms with Crippen LogP contribution in [-0.4, -0.2) is 15.0 Å². The summed E-state index contributed by atoms with van der Waals surface area (Å²) in [5.74, 6) is 1.51. The number of rotatable bonds is 5. The number of aromatic nitrogens is 1. The highest BCUT2D eigenvalue weighted by Crippen LogP contribution is 2.41. The molecule has 0 saturated carbocycles. The van der Waals surface area contributed by atoms with E-state index in [9.17, 15) is 0 Å². The van der Waals surface area contributed by atoms with Crippen LogP contribution in [0.3, 0.4) is 0 Å². The third kappa shape index (κ3) is 4.11. The lowest BCUT2D eigenvalue weighted by Crippen LogP contribution is -2.29. The molecule has 0 amide bonds. The third-order valence-corrected chi connectivity index (χ3v) is 6.61. The molecule has 1 aliphatic heterocycles. The summed E-state index contributed by atoms with van der Waals surface area (Å²) in [6.07, 6.45) is 1.79. The van der Waals surface area contributed by atoms with E-state index in [0.717, 1.165) is 22.8 Å². The molecule has 7 heteroatoms. The van der Waals surface area contributed by atoms with Gasteiger partial charge in [0.2, 0.25) is 0 Å². The monoisotopic (exact) mass is 479 g/mol. The summed E-state index contributed by atoms with van der Waals surface area (Å²) in [6, 6.07) is 25.3. The van der Waals surface area contributed by atoms with Crippen LogP contribution >= 0.6 is 35.4 Å². The van der Waals surface area contributed by atoms with Gasteiger partial charge in [0.15, 0.2) is 5.11 Å². The van der Waals surface area contributed by atoms with Gasteiger partial charge in [-0.2, -0.15) is 0 Å². The van der Waals surface area contributed by atoms with E-state index in [1.54, 1.807) is 12.3 Å². The fraction of sp³-hybridized carbons (Fsp3) is 0.120. The topological polar surface area (TPSA) is 41.3 Å². The molecule has 2 atom stereocenters. The molecule has 2 aromatic carbocycles. The van der Waals surface area contributed by atoms with E-state index >= 15 is 0 Å². The van der Waals surface area contributed by atoms with Gasteiger partial charge in [0.25, 0.3) is 0 Å². The zero-order valence-electron chi connectivity index (χ0n) is 16.9. The fourth-order valence-corrected chi connectivity index (χ4v) is 4.58. The second-order valence-electron chi connectivity index (χ2n) is 7.57. The van der Waals surface area contributed by atoms with Crippen LogP contribution in [0.2, 0.25) is 10.0 Å². The number of pyridine rings is 1. The molecule has 3 heterocycles. The fourth-order valence-electron chi connectivity index (χ4n) is 3.98. The van der Waals surface area contributed by atoms with Crippen LogP contribution in [0.25, 0.3) is 11.3 Å². The predicted octanol–water partition coefficient (Wildman–Crippen LogP) is 6.82.